The van der Waals surface area contributed by atoms with Gasteiger partial charge in [-0.2, -0.15) is 0 Å². The number of hydrogen-bond donors (Lipinski definition) is 2. The van der Waals surface area contributed by atoms with Gasteiger partial charge in [0.25, 0.3) is 0 Å². The normalized spacial score (nSPS) is 12.2. The molecular formula is C10H16N4OS. The van der Waals surface area contributed by atoms with Crippen LogP contribution in [0.15, 0.2) is 11.2 Å². The fourth-order valence-corrected chi connectivity index (χ4v) is 1.61. The van der Waals surface area contributed by atoms with Crippen LogP contribution in [0.5, 0.6) is 0 Å². The molecule has 16 heavy (non-hydrogen) atoms. The Bertz CT molecular complexity index is 381. The van der Waals surface area contributed by atoms with Crippen LogP contribution in [0.25, 0.3) is 0 Å². The van der Waals surface area contributed by atoms with Crippen LogP contribution < -0.4 is 11.1 Å². The van der Waals surface area contributed by atoms with Crippen molar-refractivity contribution in [3.8, 4) is 0 Å². The van der Waals surface area contributed by atoms with Gasteiger partial charge in [0.1, 0.15) is 5.82 Å². The van der Waals surface area contributed by atoms with Crippen molar-refractivity contribution in [3.05, 3.63) is 11.8 Å². The maximum Gasteiger partial charge on any atom is 0.227 e. The van der Waals surface area contributed by atoms with Gasteiger partial charge in [-0.05, 0) is 20.1 Å². The first-order valence-corrected chi connectivity index (χ1v) is 6.19. The summed E-state index contributed by atoms with van der Waals surface area (Å²) in [6.45, 7) is 3.65. The highest BCUT2D eigenvalue weighted by molar-refractivity contribution is 7.98. The second-order valence-corrected chi connectivity index (χ2v) is 4.38. The predicted octanol–water partition coefficient (Wildman–Crippen LogP) is 1.18. The second-order valence-electron chi connectivity index (χ2n) is 3.61. The molecule has 0 aliphatic rings. The molecule has 3 N–H and O–H groups in total. The van der Waals surface area contributed by atoms with Crippen LogP contribution >= 0.6 is 11.8 Å². The summed E-state index contributed by atoms with van der Waals surface area (Å²) in [6.07, 6.45) is 2.18. The summed E-state index contributed by atoms with van der Waals surface area (Å²) >= 11 is 1.44. The number of nitrogens with two attached hydrogens (primary N) is 1. The Kier molecular flexibility index (Phi) is 4.70. The smallest absolute Gasteiger partial charge is 0.227 e. The van der Waals surface area contributed by atoms with Crippen LogP contribution in [0.1, 0.15) is 19.0 Å². The van der Waals surface area contributed by atoms with Crippen LogP contribution in [0.3, 0.4) is 0 Å². The van der Waals surface area contributed by atoms with Crippen molar-refractivity contribution in [1.82, 2.24) is 9.97 Å². The molecule has 0 spiro atoms. The Morgan fingerprint density at radius 1 is 1.62 bits per heavy atom. The van der Waals surface area contributed by atoms with E-state index in [-0.39, 0.29) is 18.4 Å². The lowest BCUT2D eigenvalue weighted by Crippen LogP contribution is -2.24. The van der Waals surface area contributed by atoms with Crippen LogP contribution in [-0.4, -0.2) is 28.2 Å². The van der Waals surface area contributed by atoms with Crippen molar-refractivity contribution >= 4 is 23.5 Å². The van der Waals surface area contributed by atoms with E-state index in [9.17, 15) is 4.79 Å². The molecule has 0 aliphatic heterocycles. The first-order chi connectivity index (χ1) is 7.51. The molecule has 1 amide bonds. The van der Waals surface area contributed by atoms with Gasteiger partial charge in [0, 0.05) is 24.2 Å². The van der Waals surface area contributed by atoms with Gasteiger partial charge in [0.05, 0.1) is 0 Å². The van der Waals surface area contributed by atoms with Gasteiger partial charge in [-0.3, -0.25) is 4.79 Å². The number of carbonyl (C=O) groups excluding carboxylic acids is 1. The van der Waals surface area contributed by atoms with Gasteiger partial charge in [-0.15, -0.1) is 0 Å². The number of amides is 1. The van der Waals surface area contributed by atoms with E-state index in [2.05, 4.69) is 15.3 Å². The standard InChI is InChI=1S/C10H16N4OS/c1-6(11)4-9(15)13-8-5-7(2)12-10(14-8)16-3/h5-6H,4,11H2,1-3H3,(H,12,13,14,15). The molecule has 0 saturated heterocycles. The lowest BCUT2D eigenvalue weighted by atomic mass is 10.2. The summed E-state index contributed by atoms with van der Waals surface area (Å²) in [5, 5.41) is 3.35. The van der Waals surface area contributed by atoms with Crippen molar-refractivity contribution < 1.29 is 4.79 Å². The van der Waals surface area contributed by atoms with E-state index >= 15 is 0 Å². The number of carbonyl (C=O) groups is 1. The zero-order valence-corrected chi connectivity index (χ0v) is 10.5. The summed E-state index contributed by atoms with van der Waals surface area (Å²) in [4.78, 5) is 19.9. The third-order valence-corrected chi connectivity index (χ3v) is 2.34. The van der Waals surface area contributed by atoms with E-state index < -0.39 is 0 Å². The first-order valence-electron chi connectivity index (χ1n) is 4.96. The number of thioether (sulfide) groups is 1. The number of anilines is 1. The van der Waals surface area contributed by atoms with Crippen molar-refractivity contribution in [3.63, 3.8) is 0 Å². The van der Waals surface area contributed by atoms with Crippen molar-refractivity contribution in [2.75, 3.05) is 11.6 Å². The molecule has 1 unspecified atom stereocenters. The largest absolute Gasteiger partial charge is 0.327 e. The summed E-state index contributed by atoms with van der Waals surface area (Å²) in [5.74, 6) is 0.405. The quantitative estimate of drug-likeness (QED) is 0.610. The Morgan fingerprint density at radius 2 is 2.31 bits per heavy atom. The molecule has 6 heteroatoms. The molecule has 0 fully saturated rings. The molecule has 0 radical (unpaired) electrons. The number of aromatic nitrogens is 2. The molecule has 1 rings (SSSR count). The fourth-order valence-electron chi connectivity index (χ4n) is 1.18. The molecule has 88 valence electrons. The number of rotatable bonds is 4. The summed E-state index contributed by atoms with van der Waals surface area (Å²) in [6, 6.07) is 1.58. The monoisotopic (exact) mass is 240 g/mol. The fraction of sp³-hybridized carbons (Fsp3) is 0.500. The van der Waals surface area contributed by atoms with Gasteiger partial charge in [-0.1, -0.05) is 11.8 Å². The van der Waals surface area contributed by atoms with E-state index in [4.69, 9.17) is 5.73 Å². The lowest BCUT2D eigenvalue weighted by molar-refractivity contribution is -0.116. The average Bonchev–Trinajstić information content (AvgIpc) is 2.14. The van der Waals surface area contributed by atoms with Crippen molar-refractivity contribution in [2.45, 2.75) is 31.5 Å². The molecule has 1 heterocycles. The number of hydrogen-bond acceptors (Lipinski definition) is 5. The zero-order chi connectivity index (χ0) is 12.1. The van der Waals surface area contributed by atoms with E-state index in [0.29, 0.717) is 11.0 Å². The van der Waals surface area contributed by atoms with Crippen molar-refractivity contribution in [2.24, 2.45) is 5.73 Å². The molecule has 0 aromatic carbocycles. The highest BCUT2D eigenvalue weighted by Crippen LogP contribution is 2.13. The number of nitrogens with one attached hydrogen (secondary N) is 1. The maximum absolute atomic E-state index is 11.5. The zero-order valence-electron chi connectivity index (χ0n) is 9.65. The highest BCUT2D eigenvalue weighted by Gasteiger charge is 2.07. The predicted molar refractivity (Wildman–Crippen MR) is 65.4 cm³/mol. The minimum atomic E-state index is -0.150. The third-order valence-electron chi connectivity index (χ3n) is 1.79. The average molecular weight is 240 g/mol. The lowest BCUT2D eigenvalue weighted by Gasteiger charge is -2.07. The van der Waals surface area contributed by atoms with Gasteiger partial charge >= 0.3 is 0 Å². The SMILES string of the molecule is CSc1nc(C)cc(NC(=O)CC(C)N)n1. The summed E-state index contributed by atoms with van der Waals surface area (Å²) < 4.78 is 0. The summed E-state index contributed by atoms with van der Waals surface area (Å²) in [5.41, 5.74) is 6.36. The Labute approximate surface area is 99.2 Å². The minimum Gasteiger partial charge on any atom is -0.327 e. The topological polar surface area (TPSA) is 80.9 Å². The highest BCUT2D eigenvalue weighted by atomic mass is 32.2. The molecular weight excluding hydrogens is 224 g/mol. The Balaban J connectivity index is 2.73. The Hall–Kier alpha value is -1.14. The van der Waals surface area contributed by atoms with Gasteiger partial charge < -0.3 is 11.1 Å². The van der Waals surface area contributed by atoms with Crippen LogP contribution in [0.2, 0.25) is 0 Å². The maximum atomic E-state index is 11.5. The number of nitrogens with zero attached hydrogens (tertiary/aromatic N) is 2. The van der Waals surface area contributed by atoms with E-state index in [1.54, 1.807) is 13.0 Å². The van der Waals surface area contributed by atoms with Crippen LogP contribution in [0.4, 0.5) is 5.82 Å². The van der Waals surface area contributed by atoms with E-state index in [1.165, 1.54) is 11.8 Å². The minimum absolute atomic E-state index is 0.125. The molecule has 1 aromatic heterocycles. The van der Waals surface area contributed by atoms with Gasteiger partial charge in [0.2, 0.25) is 5.91 Å². The molecule has 0 bridgehead atoms. The van der Waals surface area contributed by atoms with E-state index in [0.717, 1.165) is 5.69 Å². The van der Waals surface area contributed by atoms with Crippen LogP contribution in [0, 0.1) is 6.92 Å². The van der Waals surface area contributed by atoms with E-state index in [1.807, 2.05) is 13.2 Å². The molecule has 1 aromatic rings. The number of aryl methyl sites for hydroxylation is 1. The summed E-state index contributed by atoms with van der Waals surface area (Å²) in [7, 11) is 0. The third kappa shape index (κ3) is 4.16. The van der Waals surface area contributed by atoms with Crippen LogP contribution in [-0.2, 0) is 4.79 Å². The van der Waals surface area contributed by atoms with Crippen molar-refractivity contribution in [1.29, 1.82) is 0 Å². The molecule has 5 nitrogen and oxygen atoms in total. The molecule has 1 atom stereocenters. The second kappa shape index (κ2) is 5.81. The first kappa shape index (κ1) is 12.9. The van der Waals surface area contributed by atoms with Gasteiger partial charge in [0.15, 0.2) is 5.16 Å². The molecule has 0 aliphatic carbocycles. The Morgan fingerprint density at radius 3 is 2.88 bits per heavy atom. The van der Waals surface area contributed by atoms with Gasteiger partial charge in [-0.25, -0.2) is 9.97 Å². The molecule has 0 saturated carbocycles.